The number of nitrogens with two attached hydrogens (primary N) is 1. The van der Waals surface area contributed by atoms with Crippen LogP contribution in [0.1, 0.15) is 33.1 Å². The van der Waals surface area contributed by atoms with Gasteiger partial charge in [0.2, 0.25) is 5.90 Å². The Labute approximate surface area is 72.8 Å². The molecule has 0 aliphatic heterocycles. The molecule has 0 rings (SSSR count). The third-order valence-corrected chi connectivity index (χ3v) is 1.33. The molecule has 0 spiro atoms. The quantitative estimate of drug-likeness (QED) is 0.292. The second-order valence-electron chi connectivity index (χ2n) is 2.42. The number of hydrogen-bond acceptors (Lipinski definition) is 4. The third kappa shape index (κ3) is 4.71. The summed E-state index contributed by atoms with van der Waals surface area (Å²) in [6, 6.07) is 0. The van der Waals surface area contributed by atoms with E-state index in [1.807, 2.05) is 13.8 Å². The summed E-state index contributed by atoms with van der Waals surface area (Å²) in [6.45, 7) is 4.28. The number of rotatable bonds is 5. The zero-order valence-electron chi connectivity index (χ0n) is 7.67. The molecule has 0 bridgehead atoms. The largest absolute Gasteiger partial charge is 0.480 e. The Hall–Kier alpha value is -1.06. The Balaban J connectivity index is 3.78. The van der Waals surface area contributed by atoms with Crippen LogP contribution in [-0.4, -0.2) is 18.3 Å². The van der Waals surface area contributed by atoms with Gasteiger partial charge in [0.1, 0.15) is 5.78 Å². The number of carbonyl (C=O) groups excluding carboxylic acids is 1. The fourth-order valence-electron chi connectivity index (χ4n) is 0.836. The van der Waals surface area contributed by atoms with Crippen molar-refractivity contribution in [2.45, 2.75) is 33.1 Å². The van der Waals surface area contributed by atoms with Crippen molar-refractivity contribution in [3.63, 3.8) is 0 Å². The van der Waals surface area contributed by atoms with E-state index in [1.165, 1.54) is 0 Å². The average Bonchev–Trinajstić information content (AvgIpc) is 2.04. The van der Waals surface area contributed by atoms with Gasteiger partial charge in [-0.25, -0.2) is 0 Å². The van der Waals surface area contributed by atoms with E-state index in [4.69, 9.17) is 10.6 Å². The first-order valence-corrected chi connectivity index (χ1v) is 4.15. The van der Waals surface area contributed by atoms with Gasteiger partial charge in [-0.1, -0.05) is 6.92 Å². The molecule has 0 aromatic carbocycles. The smallest absolute Gasteiger partial charge is 0.212 e. The summed E-state index contributed by atoms with van der Waals surface area (Å²) < 4.78 is 5.01. The standard InChI is InChI=1S/C8H16N2O2/c1-3-5-7(11)6-8(10-9)12-4-2/h3-6,9H2,1-2H3/b10-8-. The van der Waals surface area contributed by atoms with E-state index in [9.17, 15) is 4.79 Å². The first-order chi connectivity index (χ1) is 5.74. The first kappa shape index (κ1) is 10.9. The topological polar surface area (TPSA) is 64.7 Å². The Morgan fingerprint density at radius 3 is 2.58 bits per heavy atom. The number of Topliss-reactive ketones (excluding diaryl/α,β-unsaturated/α-hetero) is 1. The van der Waals surface area contributed by atoms with Crippen LogP contribution in [0.2, 0.25) is 0 Å². The maximum absolute atomic E-state index is 11.1. The van der Waals surface area contributed by atoms with Gasteiger partial charge < -0.3 is 10.6 Å². The second-order valence-corrected chi connectivity index (χ2v) is 2.42. The van der Waals surface area contributed by atoms with Gasteiger partial charge in [-0.05, 0) is 13.3 Å². The predicted octanol–water partition coefficient (Wildman–Crippen LogP) is 1.05. The molecule has 0 aromatic heterocycles. The normalized spacial score (nSPS) is 11.3. The fourth-order valence-corrected chi connectivity index (χ4v) is 0.836. The van der Waals surface area contributed by atoms with Crippen molar-refractivity contribution in [2.75, 3.05) is 6.61 Å². The van der Waals surface area contributed by atoms with Crippen LogP contribution in [0.25, 0.3) is 0 Å². The molecule has 0 fully saturated rings. The van der Waals surface area contributed by atoms with Crippen molar-refractivity contribution in [3.8, 4) is 0 Å². The highest BCUT2D eigenvalue weighted by atomic mass is 16.5. The summed E-state index contributed by atoms with van der Waals surface area (Å²) in [5.41, 5.74) is 0. The summed E-state index contributed by atoms with van der Waals surface area (Å²) in [5.74, 6) is 5.46. The molecule has 0 heterocycles. The van der Waals surface area contributed by atoms with Gasteiger partial charge in [0.05, 0.1) is 13.0 Å². The van der Waals surface area contributed by atoms with Crippen molar-refractivity contribution >= 4 is 11.7 Å². The molecule has 0 amide bonds. The zero-order chi connectivity index (χ0) is 9.40. The Bertz CT molecular complexity index is 166. The minimum Gasteiger partial charge on any atom is -0.480 e. The van der Waals surface area contributed by atoms with Crippen LogP contribution in [0.5, 0.6) is 0 Å². The zero-order valence-corrected chi connectivity index (χ0v) is 7.67. The van der Waals surface area contributed by atoms with Gasteiger partial charge >= 0.3 is 0 Å². The summed E-state index contributed by atoms with van der Waals surface area (Å²) in [6.07, 6.45) is 1.63. The molecule has 0 aromatic rings. The highest BCUT2D eigenvalue weighted by Crippen LogP contribution is 1.97. The van der Waals surface area contributed by atoms with Crippen LogP contribution >= 0.6 is 0 Å². The predicted molar refractivity (Wildman–Crippen MR) is 47.8 cm³/mol. The highest BCUT2D eigenvalue weighted by molar-refractivity contribution is 5.97. The number of carbonyl (C=O) groups is 1. The molecule has 2 N–H and O–H groups in total. The maximum Gasteiger partial charge on any atom is 0.212 e. The molecule has 0 saturated carbocycles. The van der Waals surface area contributed by atoms with Crippen molar-refractivity contribution < 1.29 is 9.53 Å². The number of ether oxygens (including phenoxy) is 1. The van der Waals surface area contributed by atoms with Gasteiger partial charge in [0.15, 0.2) is 0 Å². The van der Waals surface area contributed by atoms with Crippen molar-refractivity contribution in [1.29, 1.82) is 0 Å². The molecule has 4 nitrogen and oxygen atoms in total. The van der Waals surface area contributed by atoms with E-state index in [-0.39, 0.29) is 12.2 Å². The van der Waals surface area contributed by atoms with Crippen LogP contribution in [0.4, 0.5) is 0 Å². The molecule has 12 heavy (non-hydrogen) atoms. The number of hydrazone groups is 1. The van der Waals surface area contributed by atoms with E-state index < -0.39 is 0 Å². The molecular formula is C8H16N2O2. The summed E-state index contributed by atoms with van der Waals surface area (Å²) in [7, 11) is 0. The minimum absolute atomic E-state index is 0.121. The number of ketones is 1. The number of nitrogens with zero attached hydrogens (tertiary/aromatic N) is 1. The molecule has 0 saturated heterocycles. The summed E-state index contributed by atoms with van der Waals surface area (Å²) in [4.78, 5) is 11.1. The maximum atomic E-state index is 11.1. The highest BCUT2D eigenvalue weighted by Gasteiger charge is 2.06. The van der Waals surface area contributed by atoms with E-state index in [1.54, 1.807) is 0 Å². The van der Waals surface area contributed by atoms with Crippen molar-refractivity contribution in [1.82, 2.24) is 0 Å². The summed E-state index contributed by atoms with van der Waals surface area (Å²) in [5, 5.41) is 3.37. The Morgan fingerprint density at radius 2 is 2.17 bits per heavy atom. The van der Waals surface area contributed by atoms with Crippen LogP contribution in [0.3, 0.4) is 0 Å². The lowest BCUT2D eigenvalue weighted by Gasteiger charge is -2.03. The first-order valence-electron chi connectivity index (χ1n) is 4.15. The lowest BCUT2D eigenvalue weighted by Crippen LogP contribution is -2.13. The van der Waals surface area contributed by atoms with Gasteiger partial charge in [-0.2, -0.15) is 0 Å². The monoisotopic (exact) mass is 172 g/mol. The molecule has 0 atom stereocenters. The lowest BCUT2D eigenvalue weighted by molar-refractivity contribution is -0.118. The van der Waals surface area contributed by atoms with Crippen LogP contribution in [0, 0.1) is 0 Å². The van der Waals surface area contributed by atoms with Gasteiger partial charge in [-0.3, -0.25) is 4.79 Å². The minimum atomic E-state index is 0.121. The van der Waals surface area contributed by atoms with Crippen molar-refractivity contribution in [3.05, 3.63) is 0 Å². The van der Waals surface area contributed by atoms with E-state index >= 15 is 0 Å². The lowest BCUT2D eigenvalue weighted by atomic mass is 10.2. The third-order valence-electron chi connectivity index (χ3n) is 1.33. The molecule has 4 heteroatoms. The van der Waals surface area contributed by atoms with Gasteiger partial charge in [0, 0.05) is 6.42 Å². The summed E-state index contributed by atoms with van der Waals surface area (Å²) >= 11 is 0. The van der Waals surface area contributed by atoms with Crippen molar-refractivity contribution in [2.24, 2.45) is 10.9 Å². The van der Waals surface area contributed by atoms with E-state index in [2.05, 4.69) is 5.10 Å². The van der Waals surface area contributed by atoms with E-state index in [0.717, 1.165) is 6.42 Å². The molecule has 0 radical (unpaired) electrons. The number of hydrogen-bond donors (Lipinski definition) is 1. The second kappa shape index (κ2) is 6.64. The Kier molecular flexibility index (Phi) is 6.05. The van der Waals surface area contributed by atoms with Crippen LogP contribution in [0.15, 0.2) is 5.10 Å². The molecular weight excluding hydrogens is 156 g/mol. The van der Waals surface area contributed by atoms with E-state index in [0.29, 0.717) is 18.9 Å². The SMILES string of the molecule is CCCC(=O)C/C(=N/N)OCC. The van der Waals surface area contributed by atoms with Gasteiger partial charge in [-0.15, -0.1) is 5.10 Å². The molecule has 70 valence electrons. The average molecular weight is 172 g/mol. The molecule has 0 aliphatic carbocycles. The van der Waals surface area contributed by atoms with Crippen LogP contribution < -0.4 is 5.84 Å². The van der Waals surface area contributed by atoms with Crippen LogP contribution in [-0.2, 0) is 9.53 Å². The fraction of sp³-hybridized carbons (Fsp3) is 0.750. The van der Waals surface area contributed by atoms with Gasteiger partial charge in [0.25, 0.3) is 0 Å². The Morgan fingerprint density at radius 1 is 1.50 bits per heavy atom. The molecule has 0 unspecified atom stereocenters. The molecule has 0 aliphatic rings.